The van der Waals surface area contributed by atoms with Gasteiger partial charge in [-0.1, -0.05) is 11.3 Å². The minimum Gasteiger partial charge on any atom is -0.370 e. The first kappa shape index (κ1) is 20.3. The van der Waals surface area contributed by atoms with Crippen LogP contribution in [0.25, 0.3) is 21.8 Å². The molecule has 0 aromatic carbocycles. The summed E-state index contributed by atoms with van der Waals surface area (Å²) in [6.07, 6.45) is 4.70. The van der Waals surface area contributed by atoms with Crippen LogP contribution in [-0.2, 0) is 12.8 Å². The number of urea groups is 1. The van der Waals surface area contributed by atoms with Crippen LogP contribution in [0.2, 0.25) is 0 Å². The summed E-state index contributed by atoms with van der Waals surface area (Å²) in [6.45, 7) is 7.17. The lowest BCUT2D eigenvalue weighted by Gasteiger charge is -2.10. The number of fused-ring (bicyclic) bond motifs is 3. The Hall–Kier alpha value is -2.94. The second-order valence-electron chi connectivity index (χ2n) is 7.53. The molecule has 0 aliphatic heterocycles. The fraction of sp³-hybridized carbons (Fsp3) is 0.429. The third-order valence-electron chi connectivity index (χ3n) is 5.09. The van der Waals surface area contributed by atoms with Gasteiger partial charge in [0.15, 0.2) is 5.13 Å². The predicted octanol–water partition coefficient (Wildman–Crippen LogP) is 4.32. The van der Waals surface area contributed by atoms with Crippen molar-refractivity contribution in [1.29, 1.82) is 0 Å². The molecule has 3 aromatic rings. The van der Waals surface area contributed by atoms with Gasteiger partial charge in [0.1, 0.15) is 5.82 Å². The van der Waals surface area contributed by atoms with Crippen LogP contribution in [0.3, 0.4) is 0 Å². The van der Waals surface area contributed by atoms with E-state index < -0.39 is 0 Å². The Balaban J connectivity index is 1.82. The first-order valence-electron chi connectivity index (χ1n) is 10.3. The number of rotatable bonds is 5. The van der Waals surface area contributed by atoms with E-state index in [-0.39, 0.29) is 12.1 Å². The molecular weight excluding hydrogens is 398 g/mol. The number of carbonyl (C=O) groups is 1. The Morgan fingerprint density at radius 1 is 1.30 bits per heavy atom. The van der Waals surface area contributed by atoms with Crippen LogP contribution in [0.5, 0.6) is 0 Å². The zero-order valence-electron chi connectivity index (χ0n) is 17.7. The largest absolute Gasteiger partial charge is 0.370 e. The Morgan fingerprint density at radius 2 is 2.13 bits per heavy atom. The summed E-state index contributed by atoms with van der Waals surface area (Å²) in [4.78, 5) is 22.1. The van der Waals surface area contributed by atoms with E-state index in [2.05, 4.69) is 52.5 Å². The fourth-order valence-corrected chi connectivity index (χ4v) is 4.80. The van der Waals surface area contributed by atoms with Crippen LogP contribution < -0.4 is 16.0 Å². The normalized spacial score (nSPS) is 12.8. The molecule has 0 radical (unpaired) electrons. The zero-order chi connectivity index (χ0) is 21.3. The lowest BCUT2D eigenvalue weighted by molar-refractivity contribution is 0.254. The molecule has 3 N–H and O–H groups in total. The second kappa shape index (κ2) is 8.43. The third-order valence-corrected chi connectivity index (χ3v) is 6.11. The molecule has 30 heavy (non-hydrogen) atoms. The molecule has 4 rings (SSSR count). The van der Waals surface area contributed by atoms with Crippen molar-refractivity contribution in [3.8, 4) is 21.8 Å². The highest BCUT2D eigenvalue weighted by Gasteiger charge is 2.28. The average molecular weight is 426 g/mol. The summed E-state index contributed by atoms with van der Waals surface area (Å²) >= 11 is 1.51. The van der Waals surface area contributed by atoms with Crippen LogP contribution in [0.1, 0.15) is 44.5 Å². The molecule has 2 amide bonds. The molecule has 0 fully saturated rings. The highest BCUT2D eigenvalue weighted by molar-refractivity contribution is 7.19. The number of anilines is 2. The number of aryl methyl sites for hydroxylation is 1. The van der Waals surface area contributed by atoms with Gasteiger partial charge in [-0.05, 0) is 52.2 Å². The summed E-state index contributed by atoms with van der Waals surface area (Å²) in [6, 6.07) is 4.02. The first-order chi connectivity index (χ1) is 14.5. The van der Waals surface area contributed by atoms with Crippen molar-refractivity contribution in [2.24, 2.45) is 0 Å². The minimum atomic E-state index is -0.260. The Labute approximate surface area is 180 Å². The van der Waals surface area contributed by atoms with Crippen molar-refractivity contribution in [1.82, 2.24) is 25.1 Å². The molecule has 0 unspecified atom stereocenters. The van der Waals surface area contributed by atoms with Crippen molar-refractivity contribution in [3.63, 3.8) is 0 Å². The van der Waals surface area contributed by atoms with Crippen LogP contribution >= 0.6 is 11.3 Å². The van der Waals surface area contributed by atoms with Gasteiger partial charge in [-0.2, -0.15) is 5.10 Å². The summed E-state index contributed by atoms with van der Waals surface area (Å²) < 4.78 is 2.09. The first-order valence-corrected chi connectivity index (χ1v) is 11.1. The van der Waals surface area contributed by atoms with Gasteiger partial charge in [-0.3, -0.25) is 10.00 Å². The fourth-order valence-electron chi connectivity index (χ4n) is 3.72. The van der Waals surface area contributed by atoms with E-state index in [1.807, 2.05) is 12.3 Å². The van der Waals surface area contributed by atoms with Crippen molar-refractivity contribution < 1.29 is 4.79 Å². The zero-order valence-corrected chi connectivity index (χ0v) is 18.6. The number of thiazole rings is 1. The maximum atomic E-state index is 11.8. The van der Waals surface area contributed by atoms with E-state index in [1.165, 1.54) is 16.9 Å². The lowest BCUT2D eigenvalue weighted by Crippen LogP contribution is -2.24. The van der Waals surface area contributed by atoms with Crippen LogP contribution in [-0.4, -0.2) is 39.4 Å². The van der Waals surface area contributed by atoms with E-state index in [1.54, 1.807) is 7.05 Å². The quantitative estimate of drug-likeness (QED) is 0.566. The summed E-state index contributed by atoms with van der Waals surface area (Å²) in [5.74, 6) is 0.866. The van der Waals surface area contributed by atoms with Crippen molar-refractivity contribution in [3.05, 3.63) is 29.6 Å². The maximum Gasteiger partial charge on any atom is 0.320 e. The van der Waals surface area contributed by atoms with Gasteiger partial charge < -0.3 is 10.6 Å². The van der Waals surface area contributed by atoms with E-state index in [4.69, 9.17) is 10.1 Å². The number of pyridine rings is 1. The molecule has 1 aliphatic carbocycles. The standard InChI is InChI=1S/C21H27N7OS/c1-5-23-16-10-9-13(11-24-16)17-14-7-6-8-15-19(18(14)28(27-17)12(2)3)30-21(25-15)26-20(29)22-4/h9-12H,5-8H2,1-4H3,(H,23,24)(H2,22,25,26,29). The second-order valence-corrected chi connectivity index (χ2v) is 8.53. The van der Waals surface area contributed by atoms with Gasteiger partial charge in [0.25, 0.3) is 0 Å². The van der Waals surface area contributed by atoms with Crippen LogP contribution in [0.15, 0.2) is 18.3 Å². The van der Waals surface area contributed by atoms with E-state index >= 15 is 0 Å². The molecule has 0 bridgehead atoms. The number of aromatic nitrogens is 4. The smallest absolute Gasteiger partial charge is 0.320 e. The summed E-state index contributed by atoms with van der Waals surface area (Å²) in [5.41, 5.74) is 5.38. The molecular formula is C21H27N7OS. The lowest BCUT2D eigenvalue weighted by atomic mass is 10.0. The van der Waals surface area contributed by atoms with E-state index in [0.717, 1.165) is 59.1 Å². The Kier molecular flexibility index (Phi) is 5.72. The van der Waals surface area contributed by atoms with Crippen LogP contribution in [0, 0.1) is 0 Å². The molecule has 8 nitrogen and oxygen atoms in total. The predicted molar refractivity (Wildman–Crippen MR) is 121 cm³/mol. The monoisotopic (exact) mass is 425 g/mol. The van der Waals surface area contributed by atoms with Gasteiger partial charge in [0, 0.05) is 37.0 Å². The Bertz CT molecular complexity index is 1050. The number of hydrogen-bond donors (Lipinski definition) is 3. The van der Waals surface area contributed by atoms with Crippen molar-refractivity contribution >= 4 is 28.3 Å². The number of nitrogens with one attached hydrogen (secondary N) is 3. The number of carbonyl (C=O) groups excluding carboxylic acids is 1. The topological polar surface area (TPSA) is 96.8 Å². The summed E-state index contributed by atoms with van der Waals surface area (Å²) in [7, 11) is 1.60. The average Bonchev–Trinajstić information content (AvgIpc) is 3.25. The van der Waals surface area contributed by atoms with E-state index in [9.17, 15) is 4.79 Å². The molecule has 0 saturated carbocycles. The van der Waals surface area contributed by atoms with Crippen molar-refractivity contribution in [2.45, 2.75) is 46.1 Å². The highest BCUT2D eigenvalue weighted by Crippen LogP contribution is 2.43. The van der Waals surface area contributed by atoms with Crippen LogP contribution in [0.4, 0.5) is 15.7 Å². The number of nitrogens with zero attached hydrogens (tertiary/aromatic N) is 4. The molecule has 9 heteroatoms. The molecule has 158 valence electrons. The minimum absolute atomic E-state index is 0.199. The molecule has 0 saturated heterocycles. The van der Waals surface area contributed by atoms with Gasteiger partial charge in [0.05, 0.1) is 22.0 Å². The van der Waals surface area contributed by atoms with Gasteiger partial charge in [-0.25, -0.2) is 14.8 Å². The third kappa shape index (κ3) is 3.77. The van der Waals surface area contributed by atoms with Gasteiger partial charge >= 0.3 is 6.03 Å². The number of hydrogen-bond acceptors (Lipinski definition) is 6. The molecule has 3 aromatic heterocycles. The summed E-state index contributed by atoms with van der Waals surface area (Å²) in [5, 5.41) is 14.2. The molecule has 0 atom stereocenters. The molecule has 1 aliphatic rings. The number of amides is 2. The van der Waals surface area contributed by atoms with Gasteiger partial charge in [-0.15, -0.1) is 0 Å². The SMILES string of the molecule is CCNc1ccc(-c2nn(C(C)C)c3c2CCCc2nc(NC(=O)NC)sc2-3)cn1. The highest BCUT2D eigenvalue weighted by atomic mass is 32.1. The maximum absolute atomic E-state index is 11.8. The molecule has 0 spiro atoms. The van der Waals surface area contributed by atoms with E-state index in [0.29, 0.717) is 5.13 Å². The Morgan fingerprint density at radius 3 is 2.80 bits per heavy atom. The van der Waals surface area contributed by atoms with Crippen molar-refractivity contribution in [2.75, 3.05) is 24.2 Å². The molecule has 3 heterocycles. The van der Waals surface area contributed by atoms with Gasteiger partial charge in [0.2, 0.25) is 0 Å².